The zero-order valence-electron chi connectivity index (χ0n) is 23.8. The van der Waals surface area contributed by atoms with E-state index in [4.69, 9.17) is 9.15 Å². The lowest BCUT2D eigenvalue weighted by atomic mass is 9.89. The quantitative estimate of drug-likeness (QED) is 0.178. The second-order valence-corrected chi connectivity index (χ2v) is 11.6. The lowest BCUT2D eigenvalue weighted by molar-refractivity contribution is -0.361. The highest BCUT2D eigenvalue weighted by Gasteiger charge is 2.55. The minimum atomic E-state index is -4.12. The summed E-state index contributed by atoms with van der Waals surface area (Å²) in [6, 6.07) is 7.25. The Hall–Kier alpha value is -4.45. The summed E-state index contributed by atoms with van der Waals surface area (Å²) in [5.41, 5.74) is 5.24. The zero-order valence-corrected chi connectivity index (χ0v) is 23.8. The Morgan fingerprint density at radius 1 is 1.19 bits per heavy atom. The topological polar surface area (TPSA) is 64.4 Å². The molecule has 9 heteroatoms. The fourth-order valence-electron chi connectivity index (χ4n) is 6.85. The third kappa shape index (κ3) is 3.96. The number of carbonyl (C=O) groups excluding carboxylic acids is 1. The minimum absolute atomic E-state index is 0.000693. The second kappa shape index (κ2) is 9.28. The molecule has 0 bridgehead atoms. The largest absolute Gasteiger partial charge is 0.737 e. The highest BCUT2D eigenvalue weighted by molar-refractivity contribution is 6.58. The Morgan fingerprint density at radius 3 is 2.79 bits per heavy atom. The first-order chi connectivity index (χ1) is 20.1. The molecule has 2 aliphatic heterocycles. The normalized spacial score (nSPS) is 23.1. The van der Waals surface area contributed by atoms with Crippen LogP contribution in [0.5, 0.6) is 0 Å². The Kier molecular flexibility index (Phi) is 5.85. The molecule has 6 nitrogen and oxygen atoms in total. The maximum absolute atomic E-state index is 15.9. The van der Waals surface area contributed by atoms with Gasteiger partial charge in [-0.3, -0.25) is 4.79 Å². The van der Waals surface area contributed by atoms with Crippen LogP contribution in [0, 0.1) is 43.4 Å². The van der Waals surface area contributed by atoms with Crippen LogP contribution >= 0.6 is 0 Å². The summed E-state index contributed by atoms with van der Waals surface area (Å²) in [6.45, 7) is 3.37. The molecule has 3 aromatic rings. The van der Waals surface area contributed by atoms with Gasteiger partial charge in [-0.2, -0.15) is 0 Å². The summed E-state index contributed by atoms with van der Waals surface area (Å²) >= 11 is 0. The van der Waals surface area contributed by atoms with Gasteiger partial charge < -0.3 is 26.7 Å². The van der Waals surface area contributed by atoms with E-state index in [0.717, 1.165) is 49.5 Å². The molecular weight excluding hydrogens is 537 g/mol. The summed E-state index contributed by atoms with van der Waals surface area (Å²) in [4.78, 5) is 25.2. The number of aromatic nitrogens is 1. The Bertz CT molecular complexity index is 1980. The first kappa shape index (κ1) is 26.5. The first-order valence-corrected chi connectivity index (χ1v) is 14.3. The number of benzene rings is 1. The van der Waals surface area contributed by atoms with Crippen molar-refractivity contribution in [3.8, 4) is 11.8 Å². The SMILES string of the molecule is CCOC(=O)C1C2C#Cc3cc4oc(=O)c(/C=C/C5=[N+]6C(=Cc7c(C)cc(C)n7[B-]6(F)F)C(C)=C5)cc4cc3CCC21. The number of aryl methyl sites for hydroxylation is 3. The molecule has 0 spiro atoms. The molecule has 1 saturated carbocycles. The second-order valence-electron chi connectivity index (χ2n) is 11.6. The van der Waals surface area contributed by atoms with Crippen molar-refractivity contribution in [3.63, 3.8) is 0 Å². The summed E-state index contributed by atoms with van der Waals surface area (Å²) in [5, 5.41) is 0.726. The molecule has 7 rings (SSSR count). The van der Waals surface area contributed by atoms with Gasteiger partial charge in [0.2, 0.25) is 0 Å². The maximum Gasteiger partial charge on any atom is 0.737 e. The number of hydrogen-bond acceptors (Lipinski definition) is 4. The van der Waals surface area contributed by atoms with Crippen LogP contribution in [0.4, 0.5) is 8.63 Å². The number of ether oxygens (including phenoxy) is 1. The molecule has 2 aliphatic carbocycles. The Balaban J connectivity index is 1.22. The van der Waals surface area contributed by atoms with Crippen molar-refractivity contribution < 1.29 is 27.1 Å². The molecule has 1 fully saturated rings. The molecule has 212 valence electrons. The summed E-state index contributed by atoms with van der Waals surface area (Å²) < 4.78 is 44.9. The molecule has 2 aromatic heterocycles. The van der Waals surface area contributed by atoms with Gasteiger partial charge in [0.05, 0.1) is 18.1 Å². The number of esters is 1. The molecular formula is C33H29BF2N2O4. The average molecular weight is 566 g/mol. The van der Waals surface area contributed by atoms with E-state index in [0.29, 0.717) is 35.0 Å². The van der Waals surface area contributed by atoms with E-state index >= 15 is 8.63 Å². The van der Waals surface area contributed by atoms with Crippen molar-refractivity contribution in [1.82, 2.24) is 4.48 Å². The van der Waals surface area contributed by atoms with Gasteiger partial charge in [0.15, 0.2) is 11.4 Å². The van der Waals surface area contributed by atoms with Crippen LogP contribution < -0.4 is 5.63 Å². The molecule has 0 radical (unpaired) electrons. The van der Waals surface area contributed by atoms with Gasteiger partial charge in [-0.1, -0.05) is 11.8 Å². The number of carbonyl (C=O) groups is 1. The smallest absolute Gasteiger partial charge is 0.466 e. The van der Waals surface area contributed by atoms with E-state index in [1.165, 1.54) is 6.08 Å². The number of allylic oxidation sites excluding steroid dienone is 3. The lowest BCUT2D eigenvalue weighted by Gasteiger charge is -2.30. The van der Waals surface area contributed by atoms with Crippen molar-refractivity contribution >= 4 is 41.8 Å². The fourth-order valence-corrected chi connectivity index (χ4v) is 6.85. The molecule has 0 saturated heterocycles. The lowest BCUT2D eigenvalue weighted by Crippen LogP contribution is -2.50. The van der Waals surface area contributed by atoms with Crippen molar-refractivity contribution in [3.05, 3.63) is 91.7 Å². The van der Waals surface area contributed by atoms with Crippen LogP contribution in [0.2, 0.25) is 0 Å². The van der Waals surface area contributed by atoms with Gasteiger partial charge in [-0.25, -0.2) is 4.79 Å². The predicted octanol–water partition coefficient (Wildman–Crippen LogP) is 5.64. The van der Waals surface area contributed by atoms with Crippen LogP contribution in [-0.4, -0.2) is 34.2 Å². The number of hydrogen-bond donors (Lipinski definition) is 0. The van der Waals surface area contributed by atoms with Gasteiger partial charge in [-0.05, 0) is 93.6 Å². The standard InChI is InChI=1S/C33H29BF2N2O4/c1-5-41-33(40)31-26-10-7-21-14-24-15-23(32(39)42-30(24)16-22(21)8-11-27(26)31)6-9-25-13-19(3)29-17-28-18(2)12-20(4)37(28)34(35,36)38(25)29/h6,9,12-17,26-27,31H,5,7,10H2,1-4H3/b9-6+. The van der Waals surface area contributed by atoms with Crippen LogP contribution in [0.15, 0.2) is 56.9 Å². The van der Waals surface area contributed by atoms with Crippen LogP contribution in [-0.2, 0) is 16.0 Å². The molecule has 0 amide bonds. The summed E-state index contributed by atoms with van der Waals surface area (Å²) in [7, 11) is 0. The van der Waals surface area contributed by atoms with Gasteiger partial charge in [-0.15, -0.1) is 0 Å². The number of nitrogens with zero attached hydrogens (tertiary/aromatic N) is 2. The highest BCUT2D eigenvalue weighted by Crippen LogP contribution is 2.50. The number of halogens is 2. The van der Waals surface area contributed by atoms with Crippen molar-refractivity contribution in [1.29, 1.82) is 0 Å². The van der Waals surface area contributed by atoms with Gasteiger partial charge in [0, 0.05) is 46.4 Å². The van der Waals surface area contributed by atoms with E-state index in [9.17, 15) is 9.59 Å². The molecule has 0 N–H and O–H groups in total. The maximum atomic E-state index is 15.9. The first-order valence-electron chi connectivity index (χ1n) is 14.3. The minimum Gasteiger partial charge on any atom is -0.466 e. The molecule has 42 heavy (non-hydrogen) atoms. The Labute approximate surface area is 241 Å². The number of fused-ring (bicyclic) bond motifs is 5. The monoisotopic (exact) mass is 566 g/mol. The number of rotatable bonds is 4. The van der Waals surface area contributed by atoms with E-state index < -0.39 is 12.6 Å². The van der Waals surface area contributed by atoms with E-state index in [-0.39, 0.29) is 29.3 Å². The van der Waals surface area contributed by atoms with Gasteiger partial charge >= 0.3 is 18.6 Å². The molecule has 4 heterocycles. The van der Waals surface area contributed by atoms with Crippen molar-refractivity contribution in [2.75, 3.05) is 6.61 Å². The van der Waals surface area contributed by atoms with Crippen LogP contribution in [0.1, 0.15) is 53.9 Å². The summed E-state index contributed by atoms with van der Waals surface area (Å²) in [5.74, 6) is 6.25. The summed E-state index contributed by atoms with van der Waals surface area (Å²) in [6.07, 6.45) is 8.17. The fraction of sp³-hybridized carbons (Fsp3) is 0.303. The van der Waals surface area contributed by atoms with Crippen molar-refractivity contribution in [2.45, 2.75) is 40.5 Å². The Morgan fingerprint density at radius 2 is 2.00 bits per heavy atom. The van der Waals surface area contributed by atoms with E-state index in [2.05, 4.69) is 11.8 Å². The van der Waals surface area contributed by atoms with E-state index in [1.54, 1.807) is 50.3 Å². The highest BCUT2D eigenvalue weighted by atomic mass is 19.2. The van der Waals surface area contributed by atoms with Crippen LogP contribution in [0.3, 0.4) is 0 Å². The van der Waals surface area contributed by atoms with Crippen LogP contribution in [0.25, 0.3) is 23.1 Å². The van der Waals surface area contributed by atoms with Gasteiger partial charge in [0.25, 0.3) is 0 Å². The third-order valence-electron chi connectivity index (χ3n) is 8.94. The van der Waals surface area contributed by atoms with Gasteiger partial charge in [0.1, 0.15) is 5.58 Å². The molecule has 4 aliphatic rings. The average Bonchev–Trinajstić information content (AvgIpc) is 3.38. The predicted molar refractivity (Wildman–Crippen MR) is 158 cm³/mol. The van der Waals surface area contributed by atoms with Crippen molar-refractivity contribution in [2.24, 2.45) is 17.8 Å². The molecule has 3 unspecified atom stereocenters. The van der Waals surface area contributed by atoms with E-state index in [1.807, 2.05) is 19.9 Å². The zero-order chi connectivity index (χ0) is 29.5. The molecule has 1 aromatic carbocycles. The molecule has 3 atom stereocenters. The third-order valence-corrected chi connectivity index (χ3v) is 8.94.